The second-order valence-electron chi connectivity index (χ2n) is 5.29. The molecule has 0 radical (unpaired) electrons. The van der Waals surface area contributed by atoms with Crippen LogP contribution < -0.4 is 14.8 Å². The second kappa shape index (κ2) is 8.31. The Morgan fingerprint density at radius 2 is 2.00 bits per heavy atom. The average molecular weight is 426 g/mol. The minimum Gasteiger partial charge on any atom is -0.493 e. The molecule has 1 aliphatic rings. The Balaban J connectivity index is 1.77. The van der Waals surface area contributed by atoms with Crippen LogP contribution in [0.15, 0.2) is 41.3 Å². The van der Waals surface area contributed by atoms with Gasteiger partial charge in [-0.05, 0) is 35.9 Å². The van der Waals surface area contributed by atoms with Crippen LogP contribution in [0.4, 0.5) is 0 Å². The molecule has 0 unspecified atom stereocenters. The summed E-state index contributed by atoms with van der Waals surface area (Å²) in [6.07, 6.45) is 1.75. The number of hydrogen-bond acceptors (Lipinski definition) is 5. The first-order valence-electron chi connectivity index (χ1n) is 7.46. The SMILES string of the molecule is COc1cc(/C=C2\SC(=S)NC2=O)ccc1OCc1ccc(Cl)cc1Cl. The van der Waals surface area contributed by atoms with E-state index >= 15 is 0 Å². The van der Waals surface area contributed by atoms with E-state index in [0.29, 0.717) is 30.8 Å². The highest BCUT2D eigenvalue weighted by atomic mass is 35.5. The van der Waals surface area contributed by atoms with Gasteiger partial charge in [-0.1, -0.05) is 59.3 Å². The van der Waals surface area contributed by atoms with Crippen LogP contribution >= 0.6 is 47.2 Å². The number of ether oxygens (including phenoxy) is 2. The van der Waals surface area contributed by atoms with Gasteiger partial charge in [-0.25, -0.2) is 0 Å². The van der Waals surface area contributed by atoms with Crippen molar-refractivity contribution in [2.75, 3.05) is 7.11 Å². The van der Waals surface area contributed by atoms with Gasteiger partial charge in [-0.2, -0.15) is 0 Å². The molecule has 4 nitrogen and oxygen atoms in total. The van der Waals surface area contributed by atoms with Gasteiger partial charge in [0.05, 0.1) is 12.0 Å². The Labute approximate surface area is 170 Å². The van der Waals surface area contributed by atoms with Crippen LogP contribution in [0.3, 0.4) is 0 Å². The van der Waals surface area contributed by atoms with Crippen molar-refractivity contribution in [1.29, 1.82) is 0 Å². The van der Waals surface area contributed by atoms with Crippen molar-refractivity contribution in [3.63, 3.8) is 0 Å². The van der Waals surface area contributed by atoms with Crippen LogP contribution in [0, 0.1) is 0 Å². The number of carbonyl (C=O) groups excluding carboxylic acids is 1. The number of methoxy groups -OCH3 is 1. The molecule has 1 N–H and O–H groups in total. The molecule has 0 saturated carbocycles. The first-order valence-corrected chi connectivity index (χ1v) is 9.44. The van der Waals surface area contributed by atoms with E-state index in [-0.39, 0.29) is 12.5 Å². The molecule has 0 aliphatic carbocycles. The predicted molar refractivity (Wildman–Crippen MR) is 110 cm³/mol. The van der Waals surface area contributed by atoms with Crippen molar-refractivity contribution in [3.8, 4) is 11.5 Å². The second-order valence-corrected chi connectivity index (χ2v) is 7.85. The number of thiocarbonyl (C=S) groups is 1. The Morgan fingerprint density at radius 3 is 2.65 bits per heavy atom. The highest BCUT2D eigenvalue weighted by Gasteiger charge is 2.22. The summed E-state index contributed by atoms with van der Waals surface area (Å²) in [6.45, 7) is 0.277. The third-order valence-corrected chi connectivity index (χ3v) is 5.28. The van der Waals surface area contributed by atoms with Crippen LogP contribution in [0.1, 0.15) is 11.1 Å². The number of carbonyl (C=O) groups is 1. The molecule has 0 atom stereocenters. The summed E-state index contributed by atoms with van der Waals surface area (Å²) in [5, 5.41) is 3.70. The third kappa shape index (κ3) is 4.51. The summed E-state index contributed by atoms with van der Waals surface area (Å²) in [6, 6.07) is 10.7. The van der Waals surface area contributed by atoms with E-state index in [2.05, 4.69) is 5.32 Å². The Kier molecular flexibility index (Phi) is 6.09. The number of rotatable bonds is 5. The van der Waals surface area contributed by atoms with Gasteiger partial charge in [0.25, 0.3) is 5.91 Å². The normalized spacial score (nSPS) is 15.3. The average Bonchev–Trinajstić information content (AvgIpc) is 2.92. The molecule has 8 heteroatoms. The van der Waals surface area contributed by atoms with Crippen molar-refractivity contribution >= 4 is 63.5 Å². The zero-order chi connectivity index (χ0) is 18.7. The molecule has 3 rings (SSSR count). The number of hydrogen-bond donors (Lipinski definition) is 1. The number of halogens is 2. The van der Waals surface area contributed by atoms with E-state index in [1.807, 2.05) is 12.1 Å². The fourth-order valence-corrected chi connectivity index (χ4v) is 3.77. The van der Waals surface area contributed by atoms with Crippen molar-refractivity contribution in [1.82, 2.24) is 5.32 Å². The molecule has 0 spiro atoms. The van der Waals surface area contributed by atoms with Gasteiger partial charge >= 0.3 is 0 Å². The Morgan fingerprint density at radius 1 is 1.19 bits per heavy atom. The molecule has 1 fully saturated rings. The van der Waals surface area contributed by atoms with Crippen LogP contribution in [0.5, 0.6) is 11.5 Å². The highest BCUT2D eigenvalue weighted by Crippen LogP contribution is 2.32. The summed E-state index contributed by atoms with van der Waals surface area (Å²) in [4.78, 5) is 12.3. The standard InChI is InChI=1S/C18H13Cl2NO3S2/c1-23-15-6-10(7-16-17(22)21-18(25)26-16)2-5-14(15)24-9-11-3-4-12(19)8-13(11)20/h2-8H,9H2,1H3,(H,21,22,25)/b16-7-. The molecular weight excluding hydrogens is 413 g/mol. The van der Waals surface area contributed by atoms with Crippen LogP contribution in [-0.2, 0) is 11.4 Å². The van der Waals surface area contributed by atoms with E-state index in [1.54, 1.807) is 37.5 Å². The van der Waals surface area contributed by atoms with Gasteiger partial charge < -0.3 is 14.8 Å². The summed E-state index contributed by atoms with van der Waals surface area (Å²) >= 11 is 18.3. The monoisotopic (exact) mass is 425 g/mol. The third-order valence-electron chi connectivity index (χ3n) is 3.53. The number of thioether (sulfide) groups is 1. The number of benzene rings is 2. The largest absolute Gasteiger partial charge is 0.493 e. The van der Waals surface area contributed by atoms with Crippen molar-refractivity contribution < 1.29 is 14.3 Å². The maximum Gasteiger partial charge on any atom is 0.263 e. The van der Waals surface area contributed by atoms with E-state index in [4.69, 9.17) is 44.9 Å². The Bertz CT molecular complexity index is 915. The number of nitrogens with one attached hydrogen (secondary N) is 1. The topological polar surface area (TPSA) is 47.6 Å². The van der Waals surface area contributed by atoms with Gasteiger partial charge in [-0.3, -0.25) is 4.79 Å². The summed E-state index contributed by atoms with van der Waals surface area (Å²) in [5.74, 6) is 0.923. The summed E-state index contributed by atoms with van der Waals surface area (Å²) < 4.78 is 11.7. The van der Waals surface area contributed by atoms with Gasteiger partial charge in [-0.15, -0.1) is 0 Å². The van der Waals surface area contributed by atoms with Gasteiger partial charge in [0.1, 0.15) is 10.9 Å². The molecule has 1 aliphatic heterocycles. The molecule has 0 aromatic heterocycles. The molecule has 1 heterocycles. The van der Waals surface area contributed by atoms with E-state index in [0.717, 1.165) is 11.1 Å². The predicted octanol–water partition coefficient (Wildman–Crippen LogP) is 5.07. The molecular formula is C18H13Cl2NO3S2. The lowest BCUT2D eigenvalue weighted by atomic mass is 10.2. The lowest BCUT2D eigenvalue weighted by molar-refractivity contribution is -0.115. The molecule has 134 valence electrons. The first-order chi connectivity index (χ1) is 12.5. The van der Waals surface area contributed by atoms with E-state index < -0.39 is 0 Å². The molecule has 2 aromatic carbocycles. The quantitative estimate of drug-likeness (QED) is 0.535. The minimum absolute atomic E-state index is 0.198. The first kappa shape index (κ1) is 19.0. The number of amides is 1. The maximum absolute atomic E-state index is 11.8. The molecule has 1 saturated heterocycles. The fourth-order valence-electron chi connectivity index (χ4n) is 2.26. The molecule has 0 bridgehead atoms. The van der Waals surface area contributed by atoms with Crippen molar-refractivity contribution in [2.45, 2.75) is 6.61 Å². The van der Waals surface area contributed by atoms with Crippen LogP contribution in [-0.4, -0.2) is 17.3 Å². The fraction of sp³-hybridized carbons (Fsp3) is 0.111. The lowest BCUT2D eigenvalue weighted by Gasteiger charge is -2.12. The summed E-state index contributed by atoms with van der Waals surface area (Å²) in [5.41, 5.74) is 1.62. The van der Waals surface area contributed by atoms with Crippen LogP contribution in [0.25, 0.3) is 6.08 Å². The van der Waals surface area contributed by atoms with E-state index in [9.17, 15) is 4.79 Å². The smallest absolute Gasteiger partial charge is 0.263 e. The van der Waals surface area contributed by atoms with Crippen molar-refractivity contribution in [3.05, 3.63) is 62.5 Å². The molecule has 2 aromatic rings. The maximum atomic E-state index is 11.8. The van der Waals surface area contributed by atoms with Crippen LogP contribution in [0.2, 0.25) is 10.0 Å². The highest BCUT2D eigenvalue weighted by molar-refractivity contribution is 8.26. The van der Waals surface area contributed by atoms with Gasteiger partial charge in [0, 0.05) is 15.6 Å². The van der Waals surface area contributed by atoms with Crippen molar-refractivity contribution in [2.24, 2.45) is 0 Å². The van der Waals surface area contributed by atoms with Gasteiger partial charge in [0.2, 0.25) is 0 Å². The molecule has 1 amide bonds. The minimum atomic E-state index is -0.198. The Hall–Kier alpha value is -1.73. The zero-order valence-electron chi connectivity index (χ0n) is 13.5. The zero-order valence-corrected chi connectivity index (χ0v) is 16.7. The lowest BCUT2D eigenvalue weighted by Crippen LogP contribution is -2.17. The molecule has 26 heavy (non-hydrogen) atoms. The van der Waals surface area contributed by atoms with Gasteiger partial charge in [0.15, 0.2) is 11.5 Å². The summed E-state index contributed by atoms with van der Waals surface area (Å²) in [7, 11) is 1.56. The van der Waals surface area contributed by atoms with E-state index in [1.165, 1.54) is 11.8 Å².